The van der Waals surface area contributed by atoms with E-state index < -0.39 is 11.7 Å². The third-order valence-corrected chi connectivity index (χ3v) is 6.51. The maximum atomic E-state index is 12.9. The molecular weight excluding hydrogens is 479 g/mol. The summed E-state index contributed by atoms with van der Waals surface area (Å²) in [5, 5.41) is 5.12. The first-order valence-corrected chi connectivity index (χ1v) is 11.6. The lowest BCUT2D eigenvalue weighted by Crippen LogP contribution is -2.42. The van der Waals surface area contributed by atoms with Crippen molar-refractivity contribution >= 4 is 34.1 Å². The lowest BCUT2D eigenvalue weighted by molar-refractivity contribution is -0.137. The molecule has 35 heavy (non-hydrogen) atoms. The number of nitrogens with one attached hydrogen (secondary N) is 2. The summed E-state index contributed by atoms with van der Waals surface area (Å²) < 4.78 is 44.1. The smallest absolute Gasteiger partial charge is 0.417 e. The molecule has 0 saturated carbocycles. The van der Waals surface area contributed by atoms with Crippen molar-refractivity contribution in [2.45, 2.75) is 25.1 Å². The van der Waals surface area contributed by atoms with Crippen molar-refractivity contribution < 1.29 is 17.9 Å². The largest absolute Gasteiger partial charge is 0.495 e. The highest BCUT2D eigenvalue weighted by Crippen LogP contribution is 2.38. The molecule has 1 fully saturated rings. The molecule has 4 heterocycles. The third kappa shape index (κ3) is 4.73. The molecule has 10 heteroatoms. The molecular formula is C25H23ClF3N5O. The number of ether oxygens (including phenoxy) is 1. The molecule has 3 aromatic heterocycles. The molecule has 1 atom stereocenters. The Labute approximate surface area is 205 Å². The molecule has 182 valence electrons. The molecule has 1 unspecified atom stereocenters. The van der Waals surface area contributed by atoms with Gasteiger partial charge >= 0.3 is 6.18 Å². The number of rotatable bonds is 5. The molecule has 6 nitrogen and oxygen atoms in total. The number of benzene rings is 1. The van der Waals surface area contributed by atoms with Gasteiger partial charge in [0.2, 0.25) is 0 Å². The maximum Gasteiger partial charge on any atom is 0.417 e. The van der Waals surface area contributed by atoms with Gasteiger partial charge in [-0.15, -0.1) is 0 Å². The van der Waals surface area contributed by atoms with E-state index in [-0.39, 0.29) is 6.04 Å². The molecule has 0 spiro atoms. The van der Waals surface area contributed by atoms with Crippen LogP contribution in [0.25, 0.3) is 22.2 Å². The number of halogens is 4. The fourth-order valence-corrected chi connectivity index (χ4v) is 4.72. The van der Waals surface area contributed by atoms with Gasteiger partial charge < -0.3 is 19.9 Å². The van der Waals surface area contributed by atoms with Gasteiger partial charge in [0.1, 0.15) is 17.2 Å². The molecule has 0 aliphatic carbocycles. The number of fused-ring (bicyclic) bond motifs is 1. The van der Waals surface area contributed by atoms with Gasteiger partial charge in [-0.3, -0.25) is 0 Å². The van der Waals surface area contributed by atoms with Crippen molar-refractivity contribution in [1.29, 1.82) is 0 Å². The minimum atomic E-state index is -4.40. The van der Waals surface area contributed by atoms with Crippen LogP contribution in [0.2, 0.25) is 5.02 Å². The summed E-state index contributed by atoms with van der Waals surface area (Å²) in [6.45, 7) is 1.34. The quantitative estimate of drug-likeness (QED) is 0.332. The van der Waals surface area contributed by atoms with E-state index in [1.54, 1.807) is 13.3 Å². The van der Waals surface area contributed by atoms with E-state index in [1.807, 2.05) is 35.4 Å². The van der Waals surface area contributed by atoms with Gasteiger partial charge in [0.05, 0.1) is 23.4 Å². The zero-order valence-electron chi connectivity index (χ0n) is 18.9. The van der Waals surface area contributed by atoms with E-state index in [9.17, 15) is 13.2 Å². The van der Waals surface area contributed by atoms with Crippen molar-refractivity contribution in [3.05, 3.63) is 65.6 Å². The first-order valence-electron chi connectivity index (χ1n) is 11.2. The van der Waals surface area contributed by atoms with Crippen LogP contribution >= 0.6 is 11.6 Å². The Morgan fingerprint density at radius 3 is 2.71 bits per heavy atom. The monoisotopic (exact) mass is 501 g/mol. The van der Waals surface area contributed by atoms with Gasteiger partial charge in [-0.05, 0) is 48.7 Å². The average Bonchev–Trinajstić information content (AvgIpc) is 3.33. The van der Waals surface area contributed by atoms with Crippen LogP contribution in [0.3, 0.4) is 0 Å². The van der Waals surface area contributed by atoms with Crippen LogP contribution in [0.15, 0.2) is 55.0 Å². The average molecular weight is 502 g/mol. The van der Waals surface area contributed by atoms with E-state index >= 15 is 0 Å². The number of hydrogen-bond acceptors (Lipinski definition) is 5. The van der Waals surface area contributed by atoms with Crippen molar-refractivity contribution in [3.63, 3.8) is 0 Å². The van der Waals surface area contributed by atoms with E-state index in [4.69, 9.17) is 16.3 Å². The number of anilines is 2. The highest BCUT2D eigenvalue weighted by molar-refractivity contribution is 6.32. The lowest BCUT2D eigenvalue weighted by Gasteiger charge is -2.35. The number of nitrogens with zero attached hydrogens (tertiary/aromatic N) is 3. The fraction of sp³-hybridized carbons (Fsp3) is 0.280. The Morgan fingerprint density at radius 2 is 2.00 bits per heavy atom. The normalized spacial score (nSPS) is 16.5. The van der Waals surface area contributed by atoms with Crippen molar-refractivity contribution in [1.82, 2.24) is 15.0 Å². The van der Waals surface area contributed by atoms with Crippen molar-refractivity contribution in [3.8, 4) is 16.9 Å². The van der Waals surface area contributed by atoms with E-state index in [0.717, 1.165) is 59.5 Å². The van der Waals surface area contributed by atoms with Crippen LogP contribution in [0.4, 0.5) is 24.7 Å². The van der Waals surface area contributed by atoms with Gasteiger partial charge in [0.15, 0.2) is 0 Å². The molecule has 0 bridgehead atoms. The number of methoxy groups -OCH3 is 1. The summed E-state index contributed by atoms with van der Waals surface area (Å²) in [6, 6.07) is 10.1. The second-order valence-electron chi connectivity index (χ2n) is 8.47. The van der Waals surface area contributed by atoms with Gasteiger partial charge in [-0.25, -0.2) is 9.97 Å². The molecule has 5 rings (SSSR count). The van der Waals surface area contributed by atoms with Crippen LogP contribution < -0.4 is 15.0 Å². The number of pyridine rings is 2. The van der Waals surface area contributed by atoms with Gasteiger partial charge in [0.25, 0.3) is 0 Å². The number of alkyl halides is 3. The fourth-order valence-electron chi connectivity index (χ4n) is 4.46. The van der Waals surface area contributed by atoms with Crippen LogP contribution in [-0.4, -0.2) is 41.2 Å². The predicted octanol–water partition coefficient (Wildman–Crippen LogP) is 6.39. The Bertz CT molecular complexity index is 1340. The summed E-state index contributed by atoms with van der Waals surface area (Å²) in [5.41, 5.74) is 2.72. The number of aromatic amines is 1. The minimum absolute atomic E-state index is 0.0563. The highest BCUT2D eigenvalue weighted by atomic mass is 35.5. The number of hydrogen-bond donors (Lipinski definition) is 2. The van der Waals surface area contributed by atoms with Crippen LogP contribution in [0.5, 0.6) is 5.75 Å². The molecule has 1 aliphatic rings. The maximum absolute atomic E-state index is 12.9. The second-order valence-corrected chi connectivity index (χ2v) is 8.88. The molecule has 4 aromatic rings. The third-order valence-electron chi connectivity index (χ3n) is 6.22. The second kappa shape index (κ2) is 9.30. The molecule has 1 aliphatic heterocycles. The zero-order valence-corrected chi connectivity index (χ0v) is 19.6. The van der Waals surface area contributed by atoms with Gasteiger partial charge in [0, 0.05) is 48.7 Å². The topological polar surface area (TPSA) is 66.1 Å². The number of piperidine rings is 1. The number of H-pyrrole nitrogens is 1. The number of aromatic nitrogens is 3. The zero-order chi connectivity index (χ0) is 24.6. The summed E-state index contributed by atoms with van der Waals surface area (Å²) in [6.07, 6.45) is 1.93. The van der Waals surface area contributed by atoms with Gasteiger partial charge in [-0.2, -0.15) is 13.2 Å². The first-order chi connectivity index (χ1) is 16.8. The Morgan fingerprint density at radius 1 is 1.14 bits per heavy atom. The van der Waals surface area contributed by atoms with Crippen LogP contribution in [0, 0.1) is 0 Å². The summed E-state index contributed by atoms with van der Waals surface area (Å²) >= 11 is 6.39. The molecule has 0 amide bonds. The molecule has 1 aromatic carbocycles. The summed E-state index contributed by atoms with van der Waals surface area (Å²) in [7, 11) is 1.57. The molecule has 0 radical (unpaired) electrons. The lowest BCUT2D eigenvalue weighted by atomic mass is 10.0. The summed E-state index contributed by atoms with van der Waals surface area (Å²) in [5.74, 6) is 1.13. The van der Waals surface area contributed by atoms with Crippen molar-refractivity contribution in [2.24, 2.45) is 0 Å². The predicted molar refractivity (Wildman–Crippen MR) is 131 cm³/mol. The van der Waals surface area contributed by atoms with E-state index in [0.29, 0.717) is 23.1 Å². The van der Waals surface area contributed by atoms with Crippen LogP contribution in [0.1, 0.15) is 18.4 Å². The highest BCUT2D eigenvalue weighted by Gasteiger charge is 2.31. The van der Waals surface area contributed by atoms with Crippen molar-refractivity contribution in [2.75, 3.05) is 30.4 Å². The molecule has 2 N–H and O–H groups in total. The SMILES string of the molecule is COc1ccc(-c2cnc3[nH]ccc3c2NC2CCCN(c3ccc(C(F)(F)F)cn3)C2)cc1Cl. The Hall–Kier alpha value is -3.46. The minimum Gasteiger partial charge on any atom is -0.495 e. The Kier molecular flexibility index (Phi) is 6.19. The standard InChI is InChI=1S/C25H23ClF3N5O/c1-35-21-6-4-15(11-20(21)26)19-13-32-24-18(8-9-30-24)23(19)33-17-3-2-10-34(14-17)22-7-5-16(12-31-22)25(27,28)29/h4-9,11-13,17H,2-3,10,14H2,1H3,(H2,30,32,33). The van der Waals surface area contributed by atoms with Crippen LogP contribution in [-0.2, 0) is 6.18 Å². The van der Waals surface area contributed by atoms with Gasteiger partial charge in [-0.1, -0.05) is 17.7 Å². The van der Waals surface area contributed by atoms with E-state index in [2.05, 4.69) is 20.3 Å². The molecule has 1 saturated heterocycles. The first kappa shape index (κ1) is 23.3. The Balaban J connectivity index is 1.43. The van der Waals surface area contributed by atoms with E-state index in [1.165, 1.54) is 6.07 Å². The summed E-state index contributed by atoms with van der Waals surface area (Å²) in [4.78, 5) is 13.8.